The van der Waals surface area contributed by atoms with E-state index in [1.54, 1.807) is 12.4 Å². The normalized spacial score (nSPS) is 25.5. The van der Waals surface area contributed by atoms with Gasteiger partial charge in [-0.1, -0.05) is 6.07 Å². The van der Waals surface area contributed by atoms with Gasteiger partial charge in [0.25, 0.3) is 0 Å². The van der Waals surface area contributed by atoms with Gasteiger partial charge in [-0.2, -0.15) is 0 Å². The van der Waals surface area contributed by atoms with E-state index in [0.29, 0.717) is 5.70 Å². The smallest absolute Gasteiger partial charge is 0.208 e. The average molecular weight is 232 g/mol. The highest BCUT2D eigenvalue weighted by atomic mass is 16.5. The number of aliphatic hydroxyl groups is 2. The van der Waals surface area contributed by atoms with Crippen molar-refractivity contribution in [2.24, 2.45) is 5.92 Å². The number of hydrogen-bond donors (Lipinski definition) is 2. The first-order chi connectivity index (χ1) is 8.18. The molecule has 1 aromatic heterocycles. The number of nitrogens with zero attached hydrogens (tertiary/aromatic N) is 2. The molecule has 2 N–H and O–H groups in total. The fraction of sp³-hybridized carbons (Fsp3) is 0.462. The van der Waals surface area contributed by atoms with Crippen molar-refractivity contribution in [1.29, 1.82) is 0 Å². The fourth-order valence-electron chi connectivity index (χ4n) is 2.78. The van der Waals surface area contributed by atoms with Crippen LogP contribution in [0.4, 0.5) is 0 Å². The molecule has 0 radical (unpaired) electrons. The SMILES string of the molecule is OC1(O)C(=Cc2cccnc2)N2CCC1CC2. The summed E-state index contributed by atoms with van der Waals surface area (Å²) in [6, 6.07) is 3.76. The maximum atomic E-state index is 10.2. The second kappa shape index (κ2) is 3.82. The summed E-state index contributed by atoms with van der Waals surface area (Å²) in [5, 5.41) is 20.4. The van der Waals surface area contributed by atoms with Gasteiger partial charge in [0.15, 0.2) is 0 Å². The minimum Gasteiger partial charge on any atom is -0.370 e. The Morgan fingerprint density at radius 2 is 2.12 bits per heavy atom. The summed E-state index contributed by atoms with van der Waals surface area (Å²) < 4.78 is 0. The molecule has 3 aliphatic heterocycles. The predicted octanol–water partition coefficient (Wildman–Crippen LogP) is 0.829. The van der Waals surface area contributed by atoms with Crippen molar-refractivity contribution in [2.45, 2.75) is 18.6 Å². The summed E-state index contributed by atoms with van der Waals surface area (Å²) in [6.07, 6.45) is 6.99. The van der Waals surface area contributed by atoms with Crippen LogP contribution in [0.5, 0.6) is 0 Å². The molecule has 4 nitrogen and oxygen atoms in total. The van der Waals surface area contributed by atoms with E-state index in [2.05, 4.69) is 9.88 Å². The van der Waals surface area contributed by atoms with Crippen molar-refractivity contribution >= 4 is 6.08 Å². The van der Waals surface area contributed by atoms with Crippen LogP contribution in [0.2, 0.25) is 0 Å². The van der Waals surface area contributed by atoms with Gasteiger partial charge >= 0.3 is 0 Å². The molecule has 2 bridgehead atoms. The molecule has 0 saturated carbocycles. The van der Waals surface area contributed by atoms with Gasteiger partial charge in [-0.05, 0) is 30.5 Å². The van der Waals surface area contributed by atoms with Crippen molar-refractivity contribution in [1.82, 2.24) is 9.88 Å². The van der Waals surface area contributed by atoms with Crippen LogP contribution in [-0.2, 0) is 0 Å². The molecule has 0 aromatic carbocycles. The van der Waals surface area contributed by atoms with E-state index >= 15 is 0 Å². The van der Waals surface area contributed by atoms with Gasteiger partial charge in [-0.15, -0.1) is 0 Å². The molecule has 90 valence electrons. The van der Waals surface area contributed by atoms with Gasteiger partial charge in [0.2, 0.25) is 5.79 Å². The molecule has 0 atom stereocenters. The minimum atomic E-state index is -1.67. The lowest BCUT2D eigenvalue weighted by Crippen LogP contribution is -2.57. The highest BCUT2D eigenvalue weighted by molar-refractivity contribution is 5.53. The summed E-state index contributed by atoms with van der Waals surface area (Å²) >= 11 is 0. The van der Waals surface area contributed by atoms with Crippen LogP contribution in [0.1, 0.15) is 18.4 Å². The first-order valence-electron chi connectivity index (χ1n) is 6.00. The third-order valence-electron chi connectivity index (χ3n) is 3.77. The molecule has 0 amide bonds. The second-order valence-corrected chi connectivity index (χ2v) is 4.80. The third-order valence-corrected chi connectivity index (χ3v) is 3.77. The monoisotopic (exact) mass is 232 g/mol. The van der Waals surface area contributed by atoms with E-state index in [-0.39, 0.29) is 5.92 Å². The van der Waals surface area contributed by atoms with E-state index < -0.39 is 5.79 Å². The highest BCUT2D eigenvalue weighted by Gasteiger charge is 2.47. The predicted molar refractivity (Wildman–Crippen MR) is 63.7 cm³/mol. The van der Waals surface area contributed by atoms with Gasteiger partial charge in [0, 0.05) is 31.4 Å². The fourth-order valence-corrected chi connectivity index (χ4v) is 2.78. The Morgan fingerprint density at radius 1 is 1.35 bits per heavy atom. The molecule has 0 aliphatic carbocycles. The van der Waals surface area contributed by atoms with E-state index in [9.17, 15) is 10.2 Å². The van der Waals surface area contributed by atoms with E-state index in [1.807, 2.05) is 18.2 Å². The van der Waals surface area contributed by atoms with Crippen LogP contribution in [0, 0.1) is 5.92 Å². The summed E-state index contributed by atoms with van der Waals surface area (Å²) in [6.45, 7) is 1.83. The number of pyridine rings is 1. The van der Waals surface area contributed by atoms with E-state index in [4.69, 9.17) is 0 Å². The minimum absolute atomic E-state index is 0.0320. The van der Waals surface area contributed by atoms with Gasteiger partial charge in [-0.25, -0.2) is 0 Å². The van der Waals surface area contributed by atoms with Crippen molar-refractivity contribution in [3.63, 3.8) is 0 Å². The molecule has 17 heavy (non-hydrogen) atoms. The van der Waals surface area contributed by atoms with Gasteiger partial charge in [0.1, 0.15) is 0 Å². The van der Waals surface area contributed by atoms with E-state index in [0.717, 1.165) is 31.5 Å². The zero-order chi connectivity index (χ0) is 11.9. The molecule has 3 aliphatic rings. The van der Waals surface area contributed by atoms with Crippen LogP contribution >= 0.6 is 0 Å². The standard InChI is InChI=1S/C13H16N2O2/c16-13(17)11-3-6-15(7-4-11)12(13)8-10-2-1-5-14-9-10/h1-2,5,8-9,11,16-17H,3-4,6-7H2. The van der Waals surface area contributed by atoms with E-state index in [1.165, 1.54) is 0 Å². The summed E-state index contributed by atoms with van der Waals surface area (Å²) in [4.78, 5) is 6.10. The summed E-state index contributed by atoms with van der Waals surface area (Å²) in [5.74, 6) is -1.71. The van der Waals surface area contributed by atoms with Crippen molar-refractivity contribution in [3.05, 3.63) is 35.8 Å². The van der Waals surface area contributed by atoms with Crippen LogP contribution in [0.15, 0.2) is 30.2 Å². The molecule has 3 fully saturated rings. The molecule has 0 unspecified atom stereocenters. The van der Waals surface area contributed by atoms with Crippen LogP contribution in [0.25, 0.3) is 6.08 Å². The van der Waals surface area contributed by atoms with Crippen LogP contribution < -0.4 is 0 Å². The average Bonchev–Trinajstić information content (AvgIpc) is 2.36. The van der Waals surface area contributed by atoms with Crippen LogP contribution in [0.3, 0.4) is 0 Å². The van der Waals surface area contributed by atoms with Crippen molar-refractivity contribution in [2.75, 3.05) is 13.1 Å². The Labute approximate surface area is 100 Å². The number of rotatable bonds is 1. The summed E-state index contributed by atoms with van der Waals surface area (Å²) in [7, 11) is 0. The van der Waals surface area contributed by atoms with Crippen molar-refractivity contribution in [3.8, 4) is 0 Å². The Kier molecular flexibility index (Phi) is 2.42. The third kappa shape index (κ3) is 1.73. The molecular formula is C13H16N2O2. The molecular weight excluding hydrogens is 216 g/mol. The lowest BCUT2D eigenvalue weighted by Gasteiger charge is -2.50. The maximum Gasteiger partial charge on any atom is 0.208 e. The van der Waals surface area contributed by atoms with Crippen LogP contribution in [-0.4, -0.2) is 39.0 Å². The Balaban J connectivity index is 1.99. The lowest BCUT2D eigenvalue weighted by molar-refractivity contribution is -0.215. The topological polar surface area (TPSA) is 56.6 Å². The first kappa shape index (κ1) is 10.7. The maximum absolute atomic E-state index is 10.2. The van der Waals surface area contributed by atoms with Gasteiger partial charge < -0.3 is 15.1 Å². The first-order valence-corrected chi connectivity index (χ1v) is 6.00. The molecule has 0 spiro atoms. The zero-order valence-electron chi connectivity index (χ0n) is 9.58. The zero-order valence-corrected chi connectivity index (χ0v) is 9.58. The quantitative estimate of drug-likeness (QED) is 0.704. The largest absolute Gasteiger partial charge is 0.370 e. The van der Waals surface area contributed by atoms with Gasteiger partial charge in [-0.3, -0.25) is 4.98 Å². The molecule has 4 heterocycles. The highest BCUT2D eigenvalue weighted by Crippen LogP contribution is 2.41. The molecule has 4 rings (SSSR count). The number of fused-ring (bicyclic) bond motifs is 3. The Bertz CT molecular complexity index is 434. The molecule has 4 heteroatoms. The summed E-state index contributed by atoms with van der Waals surface area (Å²) in [5.41, 5.74) is 1.52. The number of aromatic nitrogens is 1. The number of piperidine rings is 3. The Hall–Kier alpha value is -1.39. The second-order valence-electron chi connectivity index (χ2n) is 4.80. The van der Waals surface area contributed by atoms with Crippen molar-refractivity contribution < 1.29 is 10.2 Å². The molecule has 1 aromatic rings. The number of hydrogen-bond acceptors (Lipinski definition) is 4. The molecule has 3 saturated heterocycles. The Morgan fingerprint density at radius 3 is 2.71 bits per heavy atom. The lowest BCUT2D eigenvalue weighted by atomic mass is 9.80. The van der Waals surface area contributed by atoms with Gasteiger partial charge in [0.05, 0.1) is 5.70 Å².